The molecule has 4 aliphatic rings. The van der Waals surface area contributed by atoms with E-state index in [0.29, 0.717) is 23.4 Å². The number of aromatic nitrogens is 1. The molecule has 9 heteroatoms. The van der Waals surface area contributed by atoms with Gasteiger partial charge in [-0.25, -0.2) is 4.39 Å². The summed E-state index contributed by atoms with van der Waals surface area (Å²) in [6.07, 6.45) is 1.21. The Balaban J connectivity index is 1.15. The van der Waals surface area contributed by atoms with E-state index >= 15 is 0 Å². The lowest BCUT2D eigenvalue weighted by atomic mass is 9.85. The van der Waals surface area contributed by atoms with Crippen molar-refractivity contribution in [1.29, 1.82) is 0 Å². The highest BCUT2D eigenvalue weighted by atomic mass is 19.1. The van der Waals surface area contributed by atoms with E-state index in [4.69, 9.17) is 9.47 Å². The molecule has 0 spiro atoms. The van der Waals surface area contributed by atoms with Crippen molar-refractivity contribution in [3.8, 4) is 11.5 Å². The number of halogens is 1. The van der Waals surface area contributed by atoms with Gasteiger partial charge in [0.05, 0.1) is 6.04 Å². The predicted molar refractivity (Wildman–Crippen MR) is 149 cm³/mol. The summed E-state index contributed by atoms with van der Waals surface area (Å²) >= 11 is 0. The van der Waals surface area contributed by atoms with Crippen LogP contribution < -0.4 is 9.47 Å². The molecule has 3 atom stereocenters. The maximum absolute atomic E-state index is 14.2. The fraction of sp³-hybridized carbons (Fsp3) is 0.312. The third-order valence-corrected chi connectivity index (χ3v) is 9.00. The van der Waals surface area contributed by atoms with Crippen molar-refractivity contribution in [3.63, 3.8) is 0 Å². The van der Waals surface area contributed by atoms with Crippen molar-refractivity contribution < 1.29 is 23.5 Å². The zero-order valence-electron chi connectivity index (χ0n) is 22.4. The first-order chi connectivity index (χ1) is 20.0. The standard InChI is InChI=1S/C32H29FN4O4/c33-21-7-8-23-24-14-26-32(39)36(22-10-11-35(16-22)15-19-4-2-1-3-5-19)17-29(38)37(26)31(30(24)34-25(23)13-21)20-6-9-27-28(12-20)41-18-40-27/h1-9,12-13,22,26,31,34H,10-11,14-18H2/t22-,26+,31-/m0/s1. The van der Waals surface area contributed by atoms with Gasteiger partial charge in [-0.05, 0) is 53.4 Å². The number of nitrogens with zero attached hydrogens (tertiary/aromatic N) is 3. The van der Waals surface area contributed by atoms with E-state index < -0.39 is 12.1 Å². The van der Waals surface area contributed by atoms with Crippen LogP contribution in [0.2, 0.25) is 0 Å². The molecule has 41 heavy (non-hydrogen) atoms. The van der Waals surface area contributed by atoms with Crippen LogP contribution in [0.5, 0.6) is 11.5 Å². The molecule has 2 amide bonds. The molecule has 1 aromatic heterocycles. The number of ether oxygens (including phenoxy) is 2. The minimum atomic E-state index is -0.647. The molecule has 8 nitrogen and oxygen atoms in total. The molecule has 208 valence electrons. The molecule has 0 aliphatic carbocycles. The molecule has 0 bridgehead atoms. The van der Waals surface area contributed by atoms with E-state index in [1.165, 1.54) is 17.7 Å². The van der Waals surface area contributed by atoms with Crippen molar-refractivity contribution in [2.45, 2.75) is 37.5 Å². The van der Waals surface area contributed by atoms with Gasteiger partial charge in [-0.2, -0.15) is 0 Å². The quantitative estimate of drug-likeness (QED) is 0.414. The Morgan fingerprint density at radius 2 is 1.83 bits per heavy atom. The number of carbonyl (C=O) groups excluding carboxylic acids is 2. The second-order valence-corrected chi connectivity index (χ2v) is 11.4. The van der Waals surface area contributed by atoms with E-state index in [2.05, 4.69) is 22.0 Å². The summed E-state index contributed by atoms with van der Waals surface area (Å²) in [5, 5.41) is 0.874. The van der Waals surface area contributed by atoms with Gasteiger partial charge in [0.2, 0.25) is 18.6 Å². The first kappa shape index (κ1) is 24.4. The largest absolute Gasteiger partial charge is 0.454 e. The summed E-state index contributed by atoms with van der Waals surface area (Å²) < 4.78 is 25.4. The van der Waals surface area contributed by atoms with Crippen LogP contribution in [0, 0.1) is 5.82 Å². The van der Waals surface area contributed by atoms with Gasteiger partial charge in [-0.1, -0.05) is 36.4 Å². The van der Waals surface area contributed by atoms with Gasteiger partial charge < -0.3 is 24.3 Å². The van der Waals surface area contributed by atoms with Crippen LogP contribution in [0.4, 0.5) is 4.39 Å². The van der Waals surface area contributed by atoms with Gasteiger partial charge in [0.15, 0.2) is 11.5 Å². The summed E-state index contributed by atoms with van der Waals surface area (Å²) in [6, 6.07) is 19.4. The Morgan fingerprint density at radius 3 is 2.71 bits per heavy atom. The Morgan fingerprint density at radius 1 is 0.976 bits per heavy atom. The van der Waals surface area contributed by atoms with Crippen molar-refractivity contribution in [3.05, 3.63) is 94.9 Å². The number of carbonyl (C=O) groups is 2. The highest BCUT2D eigenvalue weighted by molar-refractivity contribution is 5.98. The first-order valence-corrected chi connectivity index (χ1v) is 14.1. The first-order valence-electron chi connectivity index (χ1n) is 14.1. The van der Waals surface area contributed by atoms with Gasteiger partial charge in [0, 0.05) is 48.7 Å². The lowest BCUT2D eigenvalue weighted by Gasteiger charge is -2.48. The van der Waals surface area contributed by atoms with Crippen LogP contribution >= 0.6 is 0 Å². The van der Waals surface area contributed by atoms with E-state index in [1.807, 2.05) is 41.3 Å². The molecule has 2 fully saturated rings. The summed E-state index contributed by atoms with van der Waals surface area (Å²) in [5.41, 5.74) is 4.47. The topological polar surface area (TPSA) is 78.1 Å². The number of benzene rings is 3. The monoisotopic (exact) mass is 552 g/mol. The SMILES string of the molecule is O=C1[C@H]2Cc3c([nH]c4cc(F)ccc34)[C@H](c3ccc4c(c3)OCO4)N2C(=O)CN1[C@H]1CCN(Cc2ccccc2)C1. The third kappa shape index (κ3) is 3.98. The van der Waals surface area contributed by atoms with Gasteiger partial charge in [0.1, 0.15) is 18.4 Å². The molecule has 0 radical (unpaired) electrons. The van der Waals surface area contributed by atoms with E-state index in [-0.39, 0.29) is 37.0 Å². The maximum Gasteiger partial charge on any atom is 0.246 e. The second kappa shape index (κ2) is 9.34. The molecule has 3 aromatic carbocycles. The van der Waals surface area contributed by atoms with Crippen molar-refractivity contribution in [2.24, 2.45) is 0 Å². The minimum absolute atomic E-state index is 0.0141. The highest BCUT2D eigenvalue weighted by Gasteiger charge is 2.50. The summed E-state index contributed by atoms with van der Waals surface area (Å²) in [7, 11) is 0. The van der Waals surface area contributed by atoms with Gasteiger partial charge in [-0.15, -0.1) is 0 Å². The fourth-order valence-corrected chi connectivity index (χ4v) is 7.10. The molecule has 0 saturated carbocycles. The molecular weight excluding hydrogens is 523 g/mol. The predicted octanol–water partition coefficient (Wildman–Crippen LogP) is 4.00. The smallest absolute Gasteiger partial charge is 0.246 e. The molecule has 4 aliphatic heterocycles. The zero-order valence-corrected chi connectivity index (χ0v) is 22.4. The van der Waals surface area contributed by atoms with Crippen LogP contribution in [0.15, 0.2) is 66.7 Å². The Labute approximate surface area is 236 Å². The van der Waals surface area contributed by atoms with Crippen molar-refractivity contribution in [1.82, 2.24) is 19.7 Å². The van der Waals surface area contributed by atoms with E-state index in [9.17, 15) is 14.0 Å². The third-order valence-electron chi connectivity index (χ3n) is 9.00. The molecule has 4 aromatic rings. The number of hydrogen-bond donors (Lipinski definition) is 1. The number of piperazine rings is 1. The number of rotatable bonds is 4. The number of likely N-dealkylation sites (tertiary alicyclic amines) is 1. The average molecular weight is 553 g/mol. The Bertz CT molecular complexity index is 1690. The van der Waals surface area contributed by atoms with Crippen LogP contribution in [0.3, 0.4) is 0 Å². The maximum atomic E-state index is 14.2. The van der Waals surface area contributed by atoms with E-state index in [0.717, 1.165) is 48.3 Å². The lowest BCUT2D eigenvalue weighted by Crippen LogP contribution is -2.65. The lowest BCUT2D eigenvalue weighted by molar-refractivity contribution is -0.160. The minimum Gasteiger partial charge on any atom is -0.454 e. The van der Waals surface area contributed by atoms with Crippen LogP contribution in [-0.4, -0.2) is 70.0 Å². The van der Waals surface area contributed by atoms with Gasteiger partial charge in [-0.3, -0.25) is 14.5 Å². The summed E-state index contributed by atoms with van der Waals surface area (Å²) in [5.74, 6) is 0.801. The van der Waals surface area contributed by atoms with Gasteiger partial charge in [0.25, 0.3) is 0 Å². The van der Waals surface area contributed by atoms with Crippen LogP contribution in [0.1, 0.15) is 34.8 Å². The van der Waals surface area contributed by atoms with Crippen LogP contribution in [0.25, 0.3) is 10.9 Å². The second-order valence-electron chi connectivity index (χ2n) is 11.4. The molecule has 5 heterocycles. The van der Waals surface area contributed by atoms with Crippen molar-refractivity contribution in [2.75, 3.05) is 26.4 Å². The highest BCUT2D eigenvalue weighted by Crippen LogP contribution is 2.45. The molecule has 2 saturated heterocycles. The number of H-pyrrole nitrogens is 1. The number of aromatic amines is 1. The van der Waals surface area contributed by atoms with Crippen LogP contribution in [-0.2, 0) is 22.6 Å². The molecule has 1 N–H and O–H groups in total. The average Bonchev–Trinajstić information content (AvgIpc) is 3.72. The number of nitrogens with one attached hydrogen (secondary N) is 1. The fourth-order valence-electron chi connectivity index (χ4n) is 7.10. The Kier molecular flexibility index (Phi) is 5.57. The van der Waals surface area contributed by atoms with E-state index in [1.54, 1.807) is 11.0 Å². The molecule has 8 rings (SSSR count). The number of amides is 2. The van der Waals surface area contributed by atoms with Gasteiger partial charge >= 0.3 is 0 Å². The zero-order chi connectivity index (χ0) is 27.7. The summed E-state index contributed by atoms with van der Waals surface area (Å²) in [4.78, 5) is 37.5. The van der Waals surface area contributed by atoms with Crippen molar-refractivity contribution >= 4 is 22.7 Å². The Hall–Kier alpha value is -4.37. The number of hydrogen-bond acceptors (Lipinski definition) is 5. The summed E-state index contributed by atoms with van der Waals surface area (Å²) in [6.45, 7) is 2.63. The molecular formula is C32H29FN4O4. The normalized spacial score (nSPS) is 23.8. The number of fused-ring (bicyclic) bond motifs is 5. The molecule has 0 unspecified atom stereocenters.